The summed E-state index contributed by atoms with van der Waals surface area (Å²) in [4.78, 5) is 13.0. The zero-order valence-corrected chi connectivity index (χ0v) is 8.23. The van der Waals surface area contributed by atoms with Crippen LogP contribution in [0, 0.1) is 0 Å². The Bertz CT molecular complexity index is 323. The number of carbonyl (C=O) groups is 1. The zero-order chi connectivity index (χ0) is 9.97. The fraction of sp³-hybridized carbons (Fsp3) is 0.364. The van der Waals surface area contributed by atoms with Crippen LogP contribution in [0.1, 0.15) is 5.56 Å². The van der Waals surface area contributed by atoms with Gasteiger partial charge < -0.3 is 4.90 Å². The first-order valence-corrected chi connectivity index (χ1v) is 4.80. The number of rotatable bonds is 2. The largest absolute Gasteiger partial charge is 0.329 e. The van der Waals surface area contributed by atoms with Crippen LogP contribution >= 0.6 is 0 Å². The van der Waals surface area contributed by atoms with E-state index in [1.165, 1.54) is 5.56 Å². The van der Waals surface area contributed by atoms with Gasteiger partial charge in [-0.2, -0.15) is 0 Å². The van der Waals surface area contributed by atoms with Crippen LogP contribution in [0.5, 0.6) is 0 Å². The molecule has 0 spiro atoms. The highest BCUT2D eigenvalue weighted by atomic mass is 16.2. The highest BCUT2D eigenvalue weighted by Gasteiger charge is 2.26. The maximum Gasteiger partial charge on any atom is 0.237 e. The molecular weight excluding hydrogens is 176 g/mol. The van der Waals surface area contributed by atoms with Gasteiger partial charge >= 0.3 is 0 Å². The van der Waals surface area contributed by atoms with Crippen LogP contribution < -0.4 is 5.32 Å². The number of amides is 1. The second kappa shape index (κ2) is 3.80. The van der Waals surface area contributed by atoms with Crippen LogP contribution in [-0.2, 0) is 11.2 Å². The van der Waals surface area contributed by atoms with Crippen molar-refractivity contribution in [2.45, 2.75) is 12.6 Å². The molecular formula is C11H14N2O. The van der Waals surface area contributed by atoms with Gasteiger partial charge in [-0.3, -0.25) is 10.1 Å². The fourth-order valence-corrected chi connectivity index (χ4v) is 1.69. The van der Waals surface area contributed by atoms with Crippen molar-refractivity contribution in [3.8, 4) is 0 Å². The third-order valence-corrected chi connectivity index (χ3v) is 2.62. The Morgan fingerprint density at radius 1 is 1.43 bits per heavy atom. The van der Waals surface area contributed by atoms with E-state index >= 15 is 0 Å². The van der Waals surface area contributed by atoms with Crippen molar-refractivity contribution in [2.75, 3.05) is 13.6 Å². The smallest absolute Gasteiger partial charge is 0.237 e. The maximum absolute atomic E-state index is 11.2. The second-order valence-corrected chi connectivity index (χ2v) is 3.59. The Morgan fingerprint density at radius 2 is 2.14 bits per heavy atom. The molecule has 1 aliphatic heterocycles. The van der Waals surface area contributed by atoms with Crippen molar-refractivity contribution >= 4 is 5.91 Å². The molecule has 1 atom stereocenters. The van der Waals surface area contributed by atoms with Gasteiger partial charge in [-0.05, 0) is 5.56 Å². The summed E-state index contributed by atoms with van der Waals surface area (Å²) < 4.78 is 0. The van der Waals surface area contributed by atoms with Crippen molar-refractivity contribution in [1.29, 1.82) is 0 Å². The van der Waals surface area contributed by atoms with E-state index in [0.29, 0.717) is 6.54 Å². The summed E-state index contributed by atoms with van der Waals surface area (Å²) in [5.41, 5.74) is 1.26. The van der Waals surface area contributed by atoms with Crippen LogP contribution in [0.3, 0.4) is 0 Å². The van der Waals surface area contributed by atoms with Gasteiger partial charge in [0.25, 0.3) is 0 Å². The van der Waals surface area contributed by atoms with Crippen LogP contribution in [0.15, 0.2) is 30.3 Å². The predicted octanol–water partition coefficient (Wildman–Crippen LogP) is 0.617. The molecule has 1 saturated heterocycles. The summed E-state index contributed by atoms with van der Waals surface area (Å²) in [6.45, 7) is 0.466. The zero-order valence-electron chi connectivity index (χ0n) is 8.23. The van der Waals surface area contributed by atoms with Crippen LogP contribution in [0.25, 0.3) is 0 Å². The minimum atomic E-state index is 0.157. The van der Waals surface area contributed by atoms with Crippen molar-refractivity contribution in [2.24, 2.45) is 0 Å². The summed E-state index contributed by atoms with van der Waals surface area (Å²) in [5, 5.41) is 3.18. The lowest BCUT2D eigenvalue weighted by atomic mass is 10.1. The SMILES string of the molecule is CN1C(=O)CN[C@H]1Cc1ccccc1. The molecule has 0 unspecified atom stereocenters. The van der Waals surface area contributed by atoms with Gasteiger partial charge in [-0.25, -0.2) is 0 Å². The number of benzene rings is 1. The first kappa shape index (κ1) is 9.21. The Balaban J connectivity index is 2.02. The average molecular weight is 190 g/mol. The molecule has 74 valence electrons. The topological polar surface area (TPSA) is 32.3 Å². The molecule has 2 rings (SSSR count). The monoisotopic (exact) mass is 190 g/mol. The summed E-state index contributed by atoms with van der Waals surface area (Å²) >= 11 is 0. The second-order valence-electron chi connectivity index (χ2n) is 3.59. The Hall–Kier alpha value is -1.35. The van der Waals surface area contributed by atoms with Gasteiger partial charge in [0.15, 0.2) is 0 Å². The van der Waals surface area contributed by atoms with E-state index < -0.39 is 0 Å². The molecule has 1 aliphatic rings. The van der Waals surface area contributed by atoms with E-state index in [0.717, 1.165) is 6.42 Å². The minimum absolute atomic E-state index is 0.157. The molecule has 3 heteroatoms. The van der Waals surface area contributed by atoms with E-state index in [1.807, 2.05) is 25.2 Å². The molecule has 1 heterocycles. The number of nitrogens with zero attached hydrogens (tertiary/aromatic N) is 1. The average Bonchev–Trinajstić information content (AvgIpc) is 2.52. The Labute approximate surface area is 83.7 Å². The first-order chi connectivity index (χ1) is 6.77. The first-order valence-electron chi connectivity index (χ1n) is 4.80. The molecule has 1 N–H and O–H groups in total. The quantitative estimate of drug-likeness (QED) is 0.741. The summed E-state index contributed by atoms with van der Waals surface area (Å²) in [6, 6.07) is 10.2. The van der Waals surface area contributed by atoms with Crippen LogP contribution in [0.2, 0.25) is 0 Å². The van der Waals surface area contributed by atoms with Gasteiger partial charge in [0.2, 0.25) is 5.91 Å². The standard InChI is InChI=1S/C11H14N2O/c1-13-10(12-8-11(13)14)7-9-5-3-2-4-6-9/h2-6,10,12H,7-8H2,1H3/t10-/m1/s1. The number of carbonyl (C=O) groups excluding carboxylic acids is 1. The predicted molar refractivity (Wildman–Crippen MR) is 54.7 cm³/mol. The van der Waals surface area contributed by atoms with Crippen LogP contribution in [-0.4, -0.2) is 30.6 Å². The molecule has 0 bridgehead atoms. The van der Waals surface area contributed by atoms with E-state index in [-0.39, 0.29) is 12.1 Å². The van der Waals surface area contributed by atoms with E-state index in [1.54, 1.807) is 4.90 Å². The molecule has 0 radical (unpaired) electrons. The lowest BCUT2D eigenvalue weighted by Gasteiger charge is -2.19. The normalized spacial score (nSPS) is 21.6. The Kier molecular flexibility index (Phi) is 2.50. The molecule has 3 nitrogen and oxygen atoms in total. The minimum Gasteiger partial charge on any atom is -0.329 e. The lowest BCUT2D eigenvalue weighted by molar-refractivity contribution is -0.126. The van der Waals surface area contributed by atoms with Gasteiger partial charge in [0.05, 0.1) is 12.7 Å². The van der Waals surface area contributed by atoms with E-state index in [9.17, 15) is 4.79 Å². The molecule has 0 aliphatic carbocycles. The third kappa shape index (κ3) is 1.77. The van der Waals surface area contributed by atoms with E-state index in [4.69, 9.17) is 0 Å². The summed E-state index contributed by atoms with van der Waals surface area (Å²) in [6.07, 6.45) is 1.04. The van der Waals surface area contributed by atoms with Crippen molar-refractivity contribution in [3.05, 3.63) is 35.9 Å². The summed E-state index contributed by atoms with van der Waals surface area (Å²) in [5.74, 6) is 0.172. The third-order valence-electron chi connectivity index (χ3n) is 2.62. The molecule has 1 aromatic rings. The molecule has 1 fully saturated rings. The number of nitrogens with one attached hydrogen (secondary N) is 1. The lowest BCUT2D eigenvalue weighted by Crippen LogP contribution is -2.35. The highest BCUT2D eigenvalue weighted by Crippen LogP contribution is 2.09. The fourth-order valence-electron chi connectivity index (χ4n) is 1.69. The van der Waals surface area contributed by atoms with Gasteiger partial charge in [-0.1, -0.05) is 30.3 Å². The van der Waals surface area contributed by atoms with Crippen molar-refractivity contribution in [1.82, 2.24) is 10.2 Å². The number of hydrogen-bond acceptors (Lipinski definition) is 2. The van der Waals surface area contributed by atoms with Gasteiger partial charge in [0, 0.05) is 13.5 Å². The van der Waals surface area contributed by atoms with Crippen molar-refractivity contribution < 1.29 is 4.79 Å². The maximum atomic E-state index is 11.2. The molecule has 1 aromatic carbocycles. The van der Waals surface area contributed by atoms with E-state index in [2.05, 4.69) is 17.4 Å². The van der Waals surface area contributed by atoms with Gasteiger partial charge in [0.1, 0.15) is 0 Å². The number of hydrogen-bond donors (Lipinski definition) is 1. The molecule has 0 aromatic heterocycles. The van der Waals surface area contributed by atoms with Gasteiger partial charge in [-0.15, -0.1) is 0 Å². The van der Waals surface area contributed by atoms with Crippen molar-refractivity contribution in [3.63, 3.8) is 0 Å². The molecule has 0 saturated carbocycles. The molecule has 14 heavy (non-hydrogen) atoms. The number of likely N-dealkylation sites (N-methyl/N-ethyl adjacent to an activating group) is 1. The van der Waals surface area contributed by atoms with Crippen LogP contribution in [0.4, 0.5) is 0 Å². The summed E-state index contributed by atoms with van der Waals surface area (Å²) in [7, 11) is 1.84. The Morgan fingerprint density at radius 3 is 2.71 bits per heavy atom. The molecule has 1 amide bonds. The highest BCUT2D eigenvalue weighted by molar-refractivity contribution is 5.80.